The molecule has 3 nitrogen and oxygen atoms in total. The van der Waals surface area contributed by atoms with Gasteiger partial charge in [-0.1, -0.05) is 17.7 Å². The van der Waals surface area contributed by atoms with Gasteiger partial charge in [-0.3, -0.25) is 4.79 Å². The number of benzene rings is 1. The second kappa shape index (κ2) is 5.74. The summed E-state index contributed by atoms with van der Waals surface area (Å²) in [5.41, 5.74) is 9.11. The van der Waals surface area contributed by atoms with E-state index < -0.39 is 0 Å². The number of carbonyl (C=O) groups is 1. The molecule has 1 amide bonds. The molecule has 0 unspecified atom stereocenters. The second-order valence-electron chi connectivity index (χ2n) is 5.74. The molecule has 0 aliphatic carbocycles. The van der Waals surface area contributed by atoms with Crippen molar-refractivity contribution in [2.75, 3.05) is 6.54 Å². The summed E-state index contributed by atoms with van der Waals surface area (Å²) in [6.45, 7) is 6.88. The van der Waals surface area contributed by atoms with Crippen LogP contribution in [0.4, 0.5) is 0 Å². The van der Waals surface area contributed by atoms with E-state index in [-0.39, 0.29) is 18.0 Å². The minimum Gasteiger partial charge on any atom is -0.334 e. The van der Waals surface area contributed by atoms with E-state index in [0.29, 0.717) is 0 Å². The van der Waals surface area contributed by atoms with E-state index in [1.165, 1.54) is 12.0 Å². The van der Waals surface area contributed by atoms with E-state index in [2.05, 4.69) is 6.07 Å². The molecule has 0 spiro atoms. The Hall–Kier alpha value is -1.35. The molecule has 1 heterocycles. The average molecular weight is 260 g/mol. The Balaban J connectivity index is 2.26. The van der Waals surface area contributed by atoms with E-state index in [4.69, 9.17) is 5.73 Å². The lowest BCUT2D eigenvalue weighted by Gasteiger charge is -2.38. The molecule has 0 aromatic heterocycles. The van der Waals surface area contributed by atoms with Gasteiger partial charge in [0.1, 0.15) is 0 Å². The van der Waals surface area contributed by atoms with Gasteiger partial charge in [0.15, 0.2) is 0 Å². The van der Waals surface area contributed by atoms with Crippen molar-refractivity contribution in [1.29, 1.82) is 0 Å². The lowest BCUT2D eigenvalue weighted by molar-refractivity contribution is 0.0583. The SMILES string of the molecule is Cc1ccc(C(=O)N2CCCC[C@@H]2[C@H](C)N)c(C)c1. The van der Waals surface area contributed by atoms with E-state index in [9.17, 15) is 4.79 Å². The van der Waals surface area contributed by atoms with Crippen molar-refractivity contribution in [2.24, 2.45) is 5.73 Å². The van der Waals surface area contributed by atoms with Crippen LogP contribution < -0.4 is 5.73 Å². The number of hydrogen-bond donors (Lipinski definition) is 1. The minimum atomic E-state index is 0.0370. The zero-order valence-electron chi connectivity index (χ0n) is 12.1. The summed E-state index contributed by atoms with van der Waals surface area (Å²) in [6.07, 6.45) is 3.27. The number of likely N-dealkylation sites (tertiary alicyclic amines) is 1. The van der Waals surface area contributed by atoms with Gasteiger partial charge in [0.05, 0.1) is 0 Å². The molecule has 0 bridgehead atoms. The molecule has 104 valence electrons. The number of amides is 1. The molecule has 1 saturated heterocycles. The van der Waals surface area contributed by atoms with Crippen molar-refractivity contribution in [3.8, 4) is 0 Å². The van der Waals surface area contributed by atoms with E-state index in [1.54, 1.807) is 0 Å². The van der Waals surface area contributed by atoms with Gasteiger partial charge in [-0.15, -0.1) is 0 Å². The molecule has 1 aromatic rings. The van der Waals surface area contributed by atoms with Crippen LogP contribution in [0.15, 0.2) is 18.2 Å². The summed E-state index contributed by atoms with van der Waals surface area (Å²) in [4.78, 5) is 14.7. The van der Waals surface area contributed by atoms with Gasteiger partial charge in [-0.2, -0.15) is 0 Å². The van der Waals surface area contributed by atoms with Crippen LogP contribution in [-0.2, 0) is 0 Å². The van der Waals surface area contributed by atoms with Gasteiger partial charge in [0, 0.05) is 24.2 Å². The number of nitrogens with zero attached hydrogens (tertiary/aromatic N) is 1. The highest BCUT2D eigenvalue weighted by Crippen LogP contribution is 2.23. The number of rotatable bonds is 2. The first-order valence-electron chi connectivity index (χ1n) is 7.14. The van der Waals surface area contributed by atoms with Crippen LogP contribution in [0.1, 0.15) is 47.7 Å². The van der Waals surface area contributed by atoms with Gasteiger partial charge >= 0.3 is 0 Å². The van der Waals surface area contributed by atoms with Crippen LogP contribution in [0.25, 0.3) is 0 Å². The minimum absolute atomic E-state index is 0.0370. The first-order chi connectivity index (χ1) is 9.00. The summed E-state index contributed by atoms with van der Waals surface area (Å²) in [6, 6.07) is 6.24. The lowest BCUT2D eigenvalue weighted by Crippen LogP contribution is -2.51. The van der Waals surface area contributed by atoms with Crippen molar-refractivity contribution in [2.45, 2.75) is 52.1 Å². The molecule has 1 aliphatic rings. The van der Waals surface area contributed by atoms with Crippen molar-refractivity contribution in [3.05, 3.63) is 34.9 Å². The third kappa shape index (κ3) is 2.98. The highest BCUT2D eigenvalue weighted by molar-refractivity contribution is 5.96. The molecule has 0 radical (unpaired) electrons. The van der Waals surface area contributed by atoms with Crippen LogP contribution in [0.2, 0.25) is 0 Å². The fourth-order valence-corrected chi connectivity index (χ4v) is 2.96. The smallest absolute Gasteiger partial charge is 0.254 e. The summed E-state index contributed by atoms with van der Waals surface area (Å²) < 4.78 is 0. The second-order valence-corrected chi connectivity index (χ2v) is 5.74. The van der Waals surface area contributed by atoms with Crippen molar-refractivity contribution < 1.29 is 4.79 Å². The van der Waals surface area contributed by atoms with Crippen LogP contribution in [0.5, 0.6) is 0 Å². The zero-order valence-corrected chi connectivity index (χ0v) is 12.1. The number of carbonyl (C=O) groups excluding carboxylic acids is 1. The highest BCUT2D eigenvalue weighted by atomic mass is 16.2. The first kappa shape index (κ1) is 14.1. The largest absolute Gasteiger partial charge is 0.334 e. The maximum atomic E-state index is 12.7. The molecule has 2 atom stereocenters. The fourth-order valence-electron chi connectivity index (χ4n) is 2.96. The molecule has 2 rings (SSSR count). The van der Waals surface area contributed by atoms with Crippen LogP contribution in [0, 0.1) is 13.8 Å². The Bertz CT molecular complexity index is 468. The van der Waals surface area contributed by atoms with Crippen molar-refractivity contribution in [3.63, 3.8) is 0 Å². The maximum Gasteiger partial charge on any atom is 0.254 e. The van der Waals surface area contributed by atoms with Gasteiger partial charge in [0.2, 0.25) is 0 Å². The fraction of sp³-hybridized carbons (Fsp3) is 0.562. The molecular formula is C16H24N2O. The zero-order chi connectivity index (χ0) is 14.0. The Labute approximate surface area is 115 Å². The van der Waals surface area contributed by atoms with E-state index in [0.717, 1.165) is 30.5 Å². The Kier molecular flexibility index (Phi) is 4.25. The van der Waals surface area contributed by atoms with Gasteiger partial charge in [-0.05, 0) is 51.7 Å². The molecule has 1 fully saturated rings. The third-order valence-electron chi connectivity index (χ3n) is 4.03. The number of nitrogens with two attached hydrogens (primary N) is 1. The summed E-state index contributed by atoms with van der Waals surface area (Å²) in [5.74, 6) is 0.138. The topological polar surface area (TPSA) is 46.3 Å². The first-order valence-corrected chi connectivity index (χ1v) is 7.14. The van der Waals surface area contributed by atoms with Crippen LogP contribution in [-0.4, -0.2) is 29.4 Å². The monoisotopic (exact) mass is 260 g/mol. The van der Waals surface area contributed by atoms with Crippen molar-refractivity contribution in [1.82, 2.24) is 4.90 Å². The van der Waals surface area contributed by atoms with Crippen LogP contribution >= 0.6 is 0 Å². The molecule has 0 saturated carbocycles. The van der Waals surface area contributed by atoms with E-state index >= 15 is 0 Å². The summed E-state index contributed by atoms with van der Waals surface area (Å²) in [5, 5.41) is 0. The predicted octanol–water partition coefficient (Wildman–Crippen LogP) is 2.65. The lowest BCUT2D eigenvalue weighted by atomic mass is 9.95. The predicted molar refractivity (Wildman–Crippen MR) is 78.2 cm³/mol. The molecule has 1 aliphatic heterocycles. The Morgan fingerprint density at radius 2 is 2.11 bits per heavy atom. The maximum absolute atomic E-state index is 12.7. The van der Waals surface area contributed by atoms with Gasteiger partial charge in [0.25, 0.3) is 5.91 Å². The number of aryl methyl sites for hydroxylation is 2. The summed E-state index contributed by atoms with van der Waals surface area (Å²) in [7, 11) is 0. The Morgan fingerprint density at radius 1 is 1.37 bits per heavy atom. The highest BCUT2D eigenvalue weighted by Gasteiger charge is 2.30. The van der Waals surface area contributed by atoms with Gasteiger partial charge < -0.3 is 10.6 Å². The van der Waals surface area contributed by atoms with E-state index in [1.807, 2.05) is 37.8 Å². The standard InChI is InChI=1S/C16H24N2O/c1-11-7-8-14(12(2)10-11)16(19)18-9-5-4-6-15(18)13(3)17/h7-8,10,13,15H,4-6,9,17H2,1-3H3/t13-,15+/m0/s1. The average Bonchev–Trinajstić information content (AvgIpc) is 2.38. The summed E-state index contributed by atoms with van der Waals surface area (Å²) >= 11 is 0. The quantitative estimate of drug-likeness (QED) is 0.888. The normalized spacial score (nSPS) is 21.3. The van der Waals surface area contributed by atoms with Crippen molar-refractivity contribution >= 4 is 5.91 Å². The molecular weight excluding hydrogens is 236 g/mol. The molecule has 1 aromatic carbocycles. The number of hydrogen-bond acceptors (Lipinski definition) is 2. The molecule has 2 N–H and O–H groups in total. The molecule has 19 heavy (non-hydrogen) atoms. The number of piperidine rings is 1. The third-order valence-corrected chi connectivity index (χ3v) is 4.03. The molecule has 3 heteroatoms. The Morgan fingerprint density at radius 3 is 2.74 bits per heavy atom. The van der Waals surface area contributed by atoms with Gasteiger partial charge in [-0.25, -0.2) is 0 Å². The van der Waals surface area contributed by atoms with Crippen LogP contribution in [0.3, 0.4) is 0 Å².